The van der Waals surface area contributed by atoms with E-state index in [1.807, 2.05) is 12.1 Å². The molecule has 1 aromatic heterocycles. The number of furan rings is 1. The minimum atomic E-state index is -0.611. The van der Waals surface area contributed by atoms with Gasteiger partial charge < -0.3 is 4.42 Å². The first-order valence-corrected chi connectivity index (χ1v) is 4.42. The van der Waals surface area contributed by atoms with Crippen LogP contribution in [0.15, 0.2) is 29.1 Å². The van der Waals surface area contributed by atoms with Crippen LogP contribution in [-0.2, 0) is 10.8 Å². The van der Waals surface area contributed by atoms with Crippen molar-refractivity contribution < 1.29 is 8.63 Å². The molecule has 0 atom stereocenters. The van der Waals surface area contributed by atoms with Gasteiger partial charge in [-0.05, 0) is 12.1 Å². The summed E-state index contributed by atoms with van der Waals surface area (Å²) in [5.41, 5.74) is 0. The van der Waals surface area contributed by atoms with E-state index in [1.165, 1.54) is 0 Å². The Bertz CT molecular complexity index is 125. The lowest BCUT2D eigenvalue weighted by molar-refractivity contribution is 0.567. The van der Waals surface area contributed by atoms with Crippen LogP contribution in [0.4, 0.5) is 0 Å². The van der Waals surface area contributed by atoms with E-state index in [4.69, 9.17) is 0 Å². The first-order valence-electron chi connectivity index (χ1n) is 2.45. The fourth-order valence-corrected chi connectivity index (χ4v) is 0.227. The van der Waals surface area contributed by atoms with Crippen molar-refractivity contribution >= 4 is 10.8 Å². The normalized spacial score (nSPS) is 8.33. The van der Waals surface area contributed by atoms with Crippen LogP contribution < -0.4 is 0 Å². The molecule has 0 spiro atoms. The molecule has 52 valence electrons. The summed E-state index contributed by atoms with van der Waals surface area (Å²) in [6, 6.07) is 3.67. The topological polar surface area (TPSA) is 30.2 Å². The van der Waals surface area contributed by atoms with Crippen molar-refractivity contribution in [3.8, 4) is 0 Å². The van der Waals surface area contributed by atoms with Gasteiger partial charge in [-0.25, -0.2) is 0 Å². The Morgan fingerprint density at radius 1 is 1.22 bits per heavy atom. The van der Waals surface area contributed by atoms with E-state index in [1.54, 1.807) is 25.0 Å². The van der Waals surface area contributed by atoms with E-state index in [0.717, 1.165) is 0 Å². The van der Waals surface area contributed by atoms with E-state index < -0.39 is 10.8 Å². The molecule has 3 heteroatoms. The standard InChI is InChI=1S/C4H4O.C2H6OS/c1-2-4-5-3-1;1-4(2)3/h1-4H;1-2H3. The minimum absolute atomic E-state index is 0.611. The van der Waals surface area contributed by atoms with Crippen molar-refractivity contribution in [1.82, 2.24) is 0 Å². The van der Waals surface area contributed by atoms with Gasteiger partial charge in [0.2, 0.25) is 0 Å². The summed E-state index contributed by atoms with van der Waals surface area (Å²) < 4.78 is 14.1. The van der Waals surface area contributed by atoms with Gasteiger partial charge >= 0.3 is 0 Å². The van der Waals surface area contributed by atoms with Crippen LogP contribution in [-0.4, -0.2) is 16.7 Å². The van der Waals surface area contributed by atoms with Crippen molar-refractivity contribution in [2.45, 2.75) is 0 Å². The molecule has 0 aromatic carbocycles. The maximum absolute atomic E-state index is 9.56. The smallest absolute Gasteiger partial charge is 0.0902 e. The second-order valence-corrected chi connectivity index (χ2v) is 3.02. The highest BCUT2D eigenvalue weighted by molar-refractivity contribution is 7.83. The fraction of sp³-hybridized carbons (Fsp3) is 0.333. The van der Waals surface area contributed by atoms with Gasteiger partial charge in [0, 0.05) is 23.3 Å². The second-order valence-electron chi connectivity index (χ2n) is 1.53. The molecule has 0 bridgehead atoms. The molecule has 0 aliphatic heterocycles. The summed E-state index contributed by atoms with van der Waals surface area (Å²) in [5, 5.41) is 0. The lowest BCUT2D eigenvalue weighted by atomic mass is 10.7. The second kappa shape index (κ2) is 5.56. The van der Waals surface area contributed by atoms with E-state index in [-0.39, 0.29) is 0 Å². The molecule has 0 saturated heterocycles. The largest absolute Gasteiger partial charge is 0.473 e. The Hall–Kier alpha value is -0.570. The molecule has 1 aromatic rings. The highest BCUT2D eigenvalue weighted by atomic mass is 32.2. The molecule has 0 fully saturated rings. The quantitative estimate of drug-likeness (QED) is 0.552. The highest BCUT2D eigenvalue weighted by Crippen LogP contribution is 1.79. The Kier molecular flexibility index (Phi) is 5.21. The van der Waals surface area contributed by atoms with E-state index in [0.29, 0.717) is 0 Å². The molecule has 2 nitrogen and oxygen atoms in total. The molecule has 9 heavy (non-hydrogen) atoms. The summed E-state index contributed by atoms with van der Waals surface area (Å²) in [6.07, 6.45) is 6.53. The van der Waals surface area contributed by atoms with Crippen LogP contribution in [0.3, 0.4) is 0 Å². The maximum atomic E-state index is 9.56. The van der Waals surface area contributed by atoms with Crippen LogP contribution >= 0.6 is 0 Å². The number of hydrogen-bond donors (Lipinski definition) is 0. The molecule has 0 N–H and O–H groups in total. The Balaban J connectivity index is 0.000000148. The average Bonchev–Trinajstić information content (AvgIpc) is 2.11. The maximum Gasteiger partial charge on any atom is 0.0902 e. The first-order chi connectivity index (χ1) is 4.23. The molecule has 0 radical (unpaired) electrons. The Labute approximate surface area is 57.3 Å². The fourth-order valence-electron chi connectivity index (χ4n) is 0.227. The summed E-state index contributed by atoms with van der Waals surface area (Å²) in [5.74, 6) is 0. The van der Waals surface area contributed by atoms with Crippen LogP contribution in [0.2, 0.25) is 0 Å². The van der Waals surface area contributed by atoms with Crippen molar-refractivity contribution in [3.05, 3.63) is 24.7 Å². The lowest BCUT2D eigenvalue weighted by Gasteiger charge is -1.60. The van der Waals surface area contributed by atoms with Gasteiger partial charge in [-0.2, -0.15) is 0 Å². The predicted molar refractivity (Wildman–Crippen MR) is 38.7 cm³/mol. The molecule has 0 saturated carbocycles. The van der Waals surface area contributed by atoms with Crippen molar-refractivity contribution in [1.29, 1.82) is 0 Å². The zero-order valence-corrected chi connectivity index (χ0v) is 6.35. The third-order valence-electron chi connectivity index (χ3n) is 0.425. The summed E-state index contributed by atoms with van der Waals surface area (Å²) in [7, 11) is -0.611. The van der Waals surface area contributed by atoms with Gasteiger partial charge in [-0.3, -0.25) is 4.21 Å². The summed E-state index contributed by atoms with van der Waals surface area (Å²) in [6.45, 7) is 0. The Morgan fingerprint density at radius 3 is 1.67 bits per heavy atom. The number of hydrogen-bond acceptors (Lipinski definition) is 2. The van der Waals surface area contributed by atoms with Gasteiger partial charge in [0.1, 0.15) is 0 Å². The lowest BCUT2D eigenvalue weighted by Crippen LogP contribution is -1.70. The van der Waals surface area contributed by atoms with Crippen LogP contribution in [0.5, 0.6) is 0 Å². The summed E-state index contributed by atoms with van der Waals surface area (Å²) >= 11 is 0. The zero-order valence-electron chi connectivity index (χ0n) is 5.53. The van der Waals surface area contributed by atoms with Crippen LogP contribution in [0.25, 0.3) is 0 Å². The molecule has 0 unspecified atom stereocenters. The van der Waals surface area contributed by atoms with E-state index in [2.05, 4.69) is 4.42 Å². The average molecular weight is 146 g/mol. The third kappa shape index (κ3) is 11.2. The van der Waals surface area contributed by atoms with Gasteiger partial charge in [-0.1, -0.05) is 0 Å². The molecule has 0 aliphatic rings. The van der Waals surface area contributed by atoms with Crippen molar-refractivity contribution in [2.75, 3.05) is 12.5 Å². The molecule has 0 amide bonds. The van der Waals surface area contributed by atoms with Gasteiger partial charge in [0.15, 0.2) is 0 Å². The first kappa shape index (κ1) is 8.43. The van der Waals surface area contributed by atoms with E-state index in [9.17, 15) is 4.21 Å². The summed E-state index contributed by atoms with van der Waals surface area (Å²) in [4.78, 5) is 0. The Morgan fingerprint density at radius 2 is 1.56 bits per heavy atom. The molecule has 0 aliphatic carbocycles. The SMILES string of the molecule is CS(C)=O.c1ccoc1. The van der Waals surface area contributed by atoms with Crippen molar-refractivity contribution in [2.24, 2.45) is 0 Å². The molecule has 1 rings (SSSR count). The molecule has 1 heterocycles. The van der Waals surface area contributed by atoms with E-state index >= 15 is 0 Å². The van der Waals surface area contributed by atoms with Gasteiger partial charge in [0.25, 0.3) is 0 Å². The van der Waals surface area contributed by atoms with Crippen molar-refractivity contribution in [3.63, 3.8) is 0 Å². The van der Waals surface area contributed by atoms with Gasteiger partial charge in [-0.15, -0.1) is 0 Å². The van der Waals surface area contributed by atoms with Crippen LogP contribution in [0.1, 0.15) is 0 Å². The molecular weight excluding hydrogens is 136 g/mol. The van der Waals surface area contributed by atoms with Gasteiger partial charge in [0.05, 0.1) is 12.5 Å². The molecular formula is C6H10O2S. The highest BCUT2D eigenvalue weighted by Gasteiger charge is 1.59. The minimum Gasteiger partial charge on any atom is -0.473 e. The third-order valence-corrected chi connectivity index (χ3v) is 0.425. The number of rotatable bonds is 0. The van der Waals surface area contributed by atoms with Crippen LogP contribution in [0, 0.1) is 0 Å². The monoisotopic (exact) mass is 146 g/mol. The zero-order chi connectivity index (χ0) is 7.11. The predicted octanol–water partition coefficient (Wildman–Crippen LogP) is 1.27.